The first kappa shape index (κ1) is 46.0. The van der Waals surface area contributed by atoms with Crippen LogP contribution < -0.4 is 21.3 Å². The van der Waals surface area contributed by atoms with Gasteiger partial charge in [0.15, 0.2) is 0 Å². The van der Waals surface area contributed by atoms with E-state index in [1.54, 1.807) is 32.9 Å². The summed E-state index contributed by atoms with van der Waals surface area (Å²) in [7, 11) is 3.92. The Morgan fingerprint density at radius 2 is 1.60 bits per heavy atom. The minimum Gasteiger partial charge on any atom is -0.469 e. The summed E-state index contributed by atoms with van der Waals surface area (Å²) in [5, 5.41) is 7.10. The molecule has 4 aliphatic rings. The number of nitrogens with zero attached hydrogens (tertiary/aromatic N) is 2. The number of amides is 2. The summed E-state index contributed by atoms with van der Waals surface area (Å²) >= 11 is 0. The molecule has 3 unspecified atom stereocenters. The number of alkyl carbamates (subject to hydrolysis) is 1. The average Bonchev–Trinajstić information content (AvgIpc) is 3.89. The largest absolute Gasteiger partial charge is 0.469 e. The van der Waals surface area contributed by atoms with Gasteiger partial charge >= 0.3 is 24.0 Å². The van der Waals surface area contributed by atoms with Crippen LogP contribution >= 0.6 is 0 Å². The minimum atomic E-state index is -1.17. The molecule has 8 bridgehead atoms. The third kappa shape index (κ3) is 9.32. The van der Waals surface area contributed by atoms with Crippen LogP contribution in [0.3, 0.4) is 0 Å². The number of carbonyl (C=O) groups is 5. The van der Waals surface area contributed by atoms with Gasteiger partial charge in [0, 0.05) is 60.0 Å². The van der Waals surface area contributed by atoms with Gasteiger partial charge in [-0.3, -0.25) is 24.4 Å². The van der Waals surface area contributed by atoms with Gasteiger partial charge in [0.25, 0.3) is 0 Å². The average molecular weight is 863 g/mol. The van der Waals surface area contributed by atoms with Gasteiger partial charge in [-0.1, -0.05) is 24.8 Å². The Morgan fingerprint density at radius 3 is 2.27 bits per heavy atom. The molecule has 0 saturated carbocycles. The van der Waals surface area contributed by atoms with Crippen LogP contribution in [0.1, 0.15) is 87.5 Å². The zero-order valence-electron chi connectivity index (χ0n) is 37.8. The number of hydrogen-bond acceptors (Lipinski definition) is 11. The Labute approximate surface area is 367 Å². The minimum absolute atomic E-state index is 0.133. The maximum absolute atomic E-state index is 13.8. The van der Waals surface area contributed by atoms with Crippen molar-refractivity contribution in [1.29, 1.82) is 0 Å². The van der Waals surface area contributed by atoms with Crippen LogP contribution in [-0.2, 0) is 51.0 Å². The molecular weight excluding hydrogens is 805 g/mol. The van der Waals surface area contributed by atoms with E-state index in [1.807, 2.05) is 52.0 Å². The summed E-state index contributed by atoms with van der Waals surface area (Å²) in [6.45, 7) is 17.8. The lowest BCUT2D eigenvalue weighted by Crippen LogP contribution is -2.41. The molecule has 6 rings (SSSR count). The fourth-order valence-electron chi connectivity index (χ4n) is 8.86. The number of allylic oxidation sites excluding steroid dienone is 4. The van der Waals surface area contributed by atoms with E-state index in [0.717, 1.165) is 55.5 Å². The van der Waals surface area contributed by atoms with Crippen LogP contribution in [0.25, 0.3) is 24.3 Å². The Hall–Kier alpha value is -6.51. The van der Waals surface area contributed by atoms with Crippen LogP contribution in [0.15, 0.2) is 56.7 Å². The number of aromatic nitrogens is 2. The van der Waals surface area contributed by atoms with Crippen molar-refractivity contribution in [3.8, 4) is 0 Å². The second-order valence-corrected chi connectivity index (χ2v) is 17.2. The molecule has 0 aromatic carbocycles. The zero-order valence-corrected chi connectivity index (χ0v) is 37.8. The van der Waals surface area contributed by atoms with Crippen molar-refractivity contribution >= 4 is 65.6 Å². The van der Waals surface area contributed by atoms with Crippen molar-refractivity contribution in [2.24, 2.45) is 21.3 Å². The van der Waals surface area contributed by atoms with Crippen molar-refractivity contribution in [2.45, 2.75) is 92.2 Å². The van der Waals surface area contributed by atoms with E-state index in [9.17, 15) is 24.0 Å². The van der Waals surface area contributed by atoms with E-state index in [1.165, 1.54) is 21.3 Å². The lowest BCUT2D eigenvalue weighted by Gasteiger charge is -2.37. The van der Waals surface area contributed by atoms with E-state index in [2.05, 4.69) is 27.2 Å². The number of aromatic amines is 2. The van der Waals surface area contributed by atoms with Gasteiger partial charge < -0.3 is 39.5 Å². The smallest absolute Gasteiger partial charge is 0.407 e. The zero-order chi connectivity index (χ0) is 46.0. The van der Waals surface area contributed by atoms with Crippen molar-refractivity contribution in [3.05, 3.63) is 91.1 Å². The number of rotatable bonds is 12. The third-order valence-electron chi connectivity index (χ3n) is 12.2. The Kier molecular flexibility index (Phi) is 13.5. The molecule has 2 amide bonds. The molecule has 15 nitrogen and oxygen atoms in total. The van der Waals surface area contributed by atoms with Crippen molar-refractivity contribution < 1.29 is 42.9 Å². The number of H-pyrrole nitrogens is 2. The predicted octanol–water partition coefficient (Wildman–Crippen LogP) is 4.72. The highest BCUT2D eigenvalue weighted by molar-refractivity contribution is 6.25. The Balaban J connectivity index is 1.47. The molecular formula is C48H58N6O9. The molecule has 3 aliphatic heterocycles. The van der Waals surface area contributed by atoms with E-state index in [-0.39, 0.29) is 49.4 Å². The van der Waals surface area contributed by atoms with Crippen LogP contribution in [0.2, 0.25) is 0 Å². The van der Waals surface area contributed by atoms with Crippen LogP contribution in [0.5, 0.6) is 0 Å². The number of nitrogens with one attached hydrogen (secondary N) is 4. The molecule has 0 radical (unpaired) electrons. The number of ether oxygens (including phenoxy) is 4. The topological polar surface area (TPSA) is 203 Å². The molecule has 1 aliphatic carbocycles. The number of fused-ring (bicyclic) bond motifs is 9. The first-order chi connectivity index (χ1) is 29.8. The fourth-order valence-corrected chi connectivity index (χ4v) is 8.86. The van der Waals surface area contributed by atoms with Gasteiger partial charge in [0.2, 0.25) is 5.91 Å². The molecule has 2 aromatic rings. The van der Waals surface area contributed by atoms with Crippen molar-refractivity contribution in [1.82, 2.24) is 20.6 Å². The van der Waals surface area contributed by atoms with Gasteiger partial charge in [-0.05, 0) is 113 Å². The molecule has 3 atom stereocenters. The van der Waals surface area contributed by atoms with E-state index < -0.39 is 35.0 Å². The van der Waals surface area contributed by atoms with E-state index in [0.29, 0.717) is 41.9 Å². The molecule has 0 fully saturated rings. The normalized spacial score (nSPS) is 22.0. The van der Waals surface area contributed by atoms with Gasteiger partial charge in [-0.25, -0.2) is 9.59 Å². The SMILES string of the molecule is C=Cc1c(C)/c2[nH]/c1=C\C1=NC(Cc3[nH]c(c(C)c3CCC(=O)OC)/C=C3N=C(\C=2)C2=CC=C(C(=O)OC)C(C(=O)OC)C2\3C)C(CCC(=O)NCCNC(=O)OC(C)(C)C)=C1C. The molecule has 63 heavy (non-hydrogen) atoms. The third-order valence-corrected chi connectivity index (χ3v) is 12.2. The van der Waals surface area contributed by atoms with Crippen molar-refractivity contribution in [2.75, 3.05) is 34.4 Å². The second kappa shape index (κ2) is 18.5. The Morgan fingerprint density at radius 1 is 0.889 bits per heavy atom. The van der Waals surface area contributed by atoms with Crippen LogP contribution in [-0.4, -0.2) is 97.4 Å². The molecule has 0 saturated heterocycles. The van der Waals surface area contributed by atoms with E-state index in [4.69, 9.17) is 28.9 Å². The number of methoxy groups -OCH3 is 3. The molecule has 4 N–H and O–H groups in total. The van der Waals surface area contributed by atoms with Crippen molar-refractivity contribution in [3.63, 3.8) is 0 Å². The quantitative estimate of drug-likeness (QED) is 0.132. The highest BCUT2D eigenvalue weighted by Gasteiger charge is 2.54. The molecule has 15 heteroatoms. The van der Waals surface area contributed by atoms with Gasteiger partial charge in [-0.2, -0.15) is 0 Å². The summed E-state index contributed by atoms with van der Waals surface area (Å²) in [6, 6.07) is -0.367. The summed E-state index contributed by atoms with van der Waals surface area (Å²) < 4.78 is 20.8. The maximum Gasteiger partial charge on any atom is 0.407 e. The molecule has 334 valence electrons. The monoisotopic (exact) mass is 862 g/mol. The second-order valence-electron chi connectivity index (χ2n) is 17.2. The van der Waals surface area contributed by atoms with Gasteiger partial charge in [0.05, 0.1) is 55.5 Å². The first-order valence-corrected chi connectivity index (χ1v) is 21.1. The number of carbonyl (C=O) groups excluding carboxylic acids is 5. The standard InChI is InChI=1S/C48H58N6O9/c1-12-28-25(2)34-22-39-32-16-13-31(44(57)61-10)43(45(58)62-11)48(32,8)40(54-39)24-35-27(4)30(15-18-42(56)60-9)38(53-35)23-37-29(26(3)33(52-37)21-36(28)51-34)14-17-41(55)49-19-20-50-46(59)63-47(5,6)7/h12-13,16,21-22,24,37,43,51,53H,1,14-15,17-20,23H2,2-11H3,(H,49,55)(H,50,59)/b34-22-,36-21-,40-24-. The maximum atomic E-state index is 13.8. The first-order valence-electron chi connectivity index (χ1n) is 21.1. The van der Waals surface area contributed by atoms with Gasteiger partial charge in [-0.15, -0.1) is 0 Å². The highest BCUT2D eigenvalue weighted by Crippen LogP contribution is 2.54. The summed E-state index contributed by atoms with van der Waals surface area (Å²) in [6.07, 6.45) is 12.0. The Bertz CT molecular complexity index is 2590. The molecule has 0 spiro atoms. The lowest BCUT2D eigenvalue weighted by atomic mass is 9.64. The lowest BCUT2D eigenvalue weighted by molar-refractivity contribution is -0.150. The predicted molar refractivity (Wildman–Crippen MR) is 241 cm³/mol. The summed E-state index contributed by atoms with van der Waals surface area (Å²) in [5.74, 6) is -2.90. The number of esters is 3. The molecule has 5 heterocycles. The fraction of sp³-hybridized carbons (Fsp3) is 0.438. The van der Waals surface area contributed by atoms with E-state index >= 15 is 0 Å². The summed E-state index contributed by atoms with van der Waals surface area (Å²) in [4.78, 5) is 82.6. The van der Waals surface area contributed by atoms with Crippen LogP contribution in [0.4, 0.5) is 4.79 Å². The number of aliphatic imine (C=N–C) groups is 2. The number of hydrogen-bond donors (Lipinski definition) is 4. The summed E-state index contributed by atoms with van der Waals surface area (Å²) in [5.41, 5.74) is 7.97. The molecule has 2 aromatic heterocycles. The highest BCUT2D eigenvalue weighted by atomic mass is 16.6. The van der Waals surface area contributed by atoms with Crippen LogP contribution in [0, 0.1) is 25.2 Å². The van der Waals surface area contributed by atoms with Gasteiger partial charge in [0.1, 0.15) is 11.5 Å².